The van der Waals surface area contributed by atoms with Gasteiger partial charge in [-0.15, -0.1) is 0 Å². The van der Waals surface area contributed by atoms with Crippen molar-refractivity contribution in [1.29, 1.82) is 0 Å². The zero-order chi connectivity index (χ0) is 12.3. The Labute approximate surface area is 105 Å². The number of pyridine rings is 1. The number of aryl methyl sites for hydroxylation is 2. The lowest BCUT2D eigenvalue weighted by atomic mass is 10.0. The Kier molecular flexibility index (Phi) is 4.16. The van der Waals surface area contributed by atoms with Gasteiger partial charge in [-0.3, -0.25) is 4.98 Å². The highest BCUT2D eigenvalue weighted by Gasteiger charge is 2.23. The van der Waals surface area contributed by atoms with E-state index in [2.05, 4.69) is 37.1 Å². The molecule has 0 amide bonds. The molecule has 2 rings (SSSR count). The van der Waals surface area contributed by atoms with E-state index in [4.69, 9.17) is 0 Å². The highest BCUT2D eigenvalue weighted by molar-refractivity contribution is 5.25. The van der Waals surface area contributed by atoms with Crippen LogP contribution in [0.4, 0.5) is 0 Å². The van der Waals surface area contributed by atoms with Crippen LogP contribution in [0.15, 0.2) is 12.3 Å². The second-order valence-corrected chi connectivity index (χ2v) is 5.35. The number of nitrogens with zero attached hydrogens (tertiary/aromatic N) is 1. The first-order chi connectivity index (χ1) is 8.20. The molecule has 0 spiro atoms. The molecular formula is C15H24N2. The van der Waals surface area contributed by atoms with Crippen molar-refractivity contribution in [3.63, 3.8) is 0 Å². The van der Waals surface area contributed by atoms with E-state index in [0.29, 0.717) is 6.04 Å². The van der Waals surface area contributed by atoms with Crippen molar-refractivity contribution in [1.82, 2.24) is 10.3 Å². The number of hydrogen-bond acceptors (Lipinski definition) is 2. The van der Waals surface area contributed by atoms with Gasteiger partial charge in [-0.1, -0.05) is 25.8 Å². The van der Waals surface area contributed by atoms with Crippen LogP contribution in [0.1, 0.15) is 55.5 Å². The second-order valence-electron chi connectivity index (χ2n) is 5.35. The van der Waals surface area contributed by atoms with Crippen LogP contribution < -0.4 is 5.32 Å². The van der Waals surface area contributed by atoms with Crippen molar-refractivity contribution in [3.8, 4) is 0 Å². The summed E-state index contributed by atoms with van der Waals surface area (Å²) in [6.45, 7) is 7.48. The minimum absolute atomic E-state index is 0.446. The molecule has 2 nitrogen and oxygen atoms in total. The van der Waals surface area contributed by atoms with E-state index >= 15 is 0 Å². The van der Waals surface area contributed by atoms with Gasteiger partial charge in [0.05, 0.1) is 5.69 Å². The Bertz CT molecular complexity index is 369. The van der Waals surface area contributed by atoms with Gasteiger partial charge in [-0.25, -0.2) is 0 Å². The van der Waals surface area contributed by atoms with Gasteiger partial charge < -0.3 is 5.32 Å². The van der Waals surface area contributed by atoms with Gasteiger partial charge in [0.15, 0.2) is 0 Å². The van der Waals surface area contributed by atoms with Gasteiger partial charge >= 0.3 is 0 Å². The summed E-state index contributed by atoms with van der Waals surface area (Å²) in [6, 6.07) is 2.69. The molecule has 1 unspecified atom stereocenters. The molecule has 0 aliphatic heterocycles. The largest absolute Gasteiger partial charge is 0.309 e. The first-order valence-corrected chi connectivity index (χ1v) is 6.87. The predicted octanol–water partition coefficient (Wildman–Crippen LogP) is 3.54. The molecule has 0 saturated heterocycles. The molecule has 0 aromatic carbocycles. The van der Waals surface area contributed by atoms with E-state index in [1.165, 1.54) is 42.5 Å². The van der Waals surface area contributed by atoms with Gasteiger partial charge in [0.2, 0.25) is 0 Å². The topological polar surface area (TPSA) is 24.9 Å². The summed E-state index contributed by atoms with van der Waals surface area (Å²) in [4.78, 5) is 4.63. The van der Waals surface area contributed by atoms with Crippen LogP contribution in [0, 0.1) is 19.8 Å². The van der Waals surface area contributed by atoms with E-state index in [9.17, 15) is 0 Å². The van der Waals surface area contributed by atoms with E-state index in [1.54, 1.807) is 0 Å². The smallest absolute Gasteiger partial charge is 0.0602 e. The minimum Gasteiger partial charge on any atom is -0.309 e. The van der Waals surface area contributed by atoms with E-state index in [-0.39, 0.29) is 0 Å². The highest BCUT2D eigenvalue weighted by Crippen LogP contribution is 2.36. The minimum atomic E-state index is 0.446. The van der Waals surface area contributed by atoms with Gasteiger partial charge in [0, 0.05) is 12.2 Å². The molecule has 1 aliphatic rings. The Morgan fingerprint density at radius 2 is 2.18 bits per heavy atom. The molecule has 1 atom stereocenters. The maximum absolute atomic E-state index is 4.63. The summed E-state index contributed by atoms with van der Waals surface area (Å²) < 4.78 is 0. The van der Waals surface area contributed by atoms with Gasteiger partial charge in [-0.05, 0) is 50.3 Å². The van der Waals surface area contributed by atoms with Crippen molar-refractivity contribution >= 4 is 0 Å². The van der Waals surface area contributed by atoms with Crippen molar-refractivity contribution < 1.29 is 0 Å². The first kappa shape index (κ1) is 12.6. The lowest BCUT2D eigenvalue weighted by Gasteiger charge is -2.19. The van der Waals surface area contributed by atoms with E-state index in [1.807, 2.05) is 6.20 Å². The van der Waals surface area contributed by atoms with Crippen LogP contribution in [0.25, 0.3) is 0 Å². The molecule has 17 heavy (non-hydrogen) atoms. The molecule has 2 heteroatoms. The molecule has 0 bridgehead atoms. The summed E-state index contributed by atoms with van der Waals surface area (Å²) in [5, 5.41) is 3.58. The normalized spacial score (nSPS) is 17.1. The fourth-order valence-electron chi connectivity index (χ4n) is 2.48. The standard InChI is InChI=1S/C15H24N2/c1-4-16-14(8-7-13-5-6-13)15-12(3)9-11(2)10-17-15/h9-10,13-14,16H,4-8H2,1-3H3. The van der Waals surface area contributed by atoms with Crippen molar-refractivity contribution in [2.24, 2.45) is 5.92 Å². The monoisotopic (exact) mass is 232 g/mol. The molecule has 1 aromatic rings. The lowest BCUT2D eigenvalue weighted by Crippen LogP contribution is -2.23. The molecule has 1 aliphatic carbocycles. The average molecular weight is 232 g/mol. The van der Waals surface area contributed by atoms with Crippen LogP contribution >= 0.6 is 0 Å². The molecule has 1 aromatic heterocycles. The third kappa shape index (κ3) is 3.53. The van der Waals surface area contributed by atoms with Gasteiger partial charge in [0.1, 0.15) is 0 Å². The molecule has 1 saturated carbocycles. The fourth-order valence-corrected chi connectivity index (χ4v) is 2.48. The number of hydrogen-bond donors (Lipinski definition) is 1. The number of aromatic nitrogens is 1. The summed E-state index contributed by atoms with van der Waals surface area (Å²) >= 11 is 0. The summed E-state index contributed by atoms with van der Waals surface area (Å²) in [7, 11) is 0. The third-order valence-corrected chi connectivity index (χ3v) is 3.60. The number of nitrogens with one attached hydrogen (secondary N) is 1. The Morgan fingerprint density at radius 1 is 1.41 bits per heavy atom. The summed E-state index contributed by atoms with van der Waals surface area (Å²) in [6.07, 6.45) is 7.46. The molecule has 94 valence electrons. The molecule has 1 fully saturated rings. The van der Waals surface area contributed by atoms with E-state index in [0.717, 1.165) is 12.5 Å². The summed E-state index contributed by atoms with van der Waals surface area (Å²) in [5.41, 5.74) is 3.83. The Balaban J connectivity index is 2.06. The number of rotatable bonds is 6. The third-order valence-electron chi connectivity index (χ3n) is 3.60. The average Bonchev–Trinajstić information content (AvgIpc) is 3.09. The lowest BCUT2D eigenvalue weighted by molar-refractivity contribution is 0.470. The van der Waals surface area contributed by atoms with Crippen LogP contribution in [0.5, 0.6) is 0 Å². The molecule has 0 radical (unpaired) electrons. The second kappa shape index (κ2) is 5.63. The van der Waals surface area contributed by atoms with Crippen LogP contribution in [-0.2, 0) is 0 Å². The maximum Gasteiger partial charge on any atom is 0.0602 e. The SMILES string of the molecule is CCNC(CCC1CC1)c1ncc(C)cc1C. The molecule has 1 N–H and O–H groups in total. The maximum atomic E-state index is 4.63. The molecule has 1 heterocycles. The van der Waals surface area contributed by atoms with Crippen LogP contribution in [0.3, 0.4) is 0 Å². The van der Waals surface area contributed by atoms with Crippen LogP contribution in [-0.4, -0.2) is 11.5 Å². The van der Waals surface area contributed by atoms with Crippen molar-refractivity contribution in [3.05, 3.63) is 29.1 Å². The van der Waals surface area contributed by atoms with E-state index < -0.39 is 0 Å². The zero-order valence-electron chi connectivity index (χ0n) is 11.3. The van der Waals surface area contributed by atoms with Gasteiger partial charge in [0.25, 0.3) is 0 Å². The predicted molar refractivity (Wildman–Crippen MR) is 72.1 cm³/mol. The zero-order valence-corrected chi connectivity index (χ0v) is 11.3. The Hall–Kier alpha value is -0.890. The van der Waals surface area contributed by atoms with Crippen molar-refractivity contribution in [2.75, 3.05) is 6.54 Å². The van der Waals surface area contributed by atoms with Crippen molar-refractivity contribution in [2.45, 2.75) is 52.5 Å². The molecular weight excluding hydrogens is 208 g/mol. The van der Waals surface area contributed by atoms with Gasteiger partial charge in [-0.2, -0.15) is 0 Å². The fraction of sp³-hybridized carbons (Fsp3) is 0.667. The summed E-state index contributed by atoms with van der Waals surface area (Å²) in [5.74, 6) is 1.00. The first-order valence-electron chi connectivity index (χ1n) is 6.87. The highest BCUT2D eigenvalue weighted by atomic mass is 14.9. The quantitative estimate of drug-likeness (QED) is 0.811. The van der Waals surface area contributed by atoms with Crippen LogP contribution in [0.2, 0.25) is 0 Å². The Morgan fingerprint density at radius 3 is 2.76 bits per heavy atom.